The second-order valence-corrected chi connectivity index (χ2v) is 7.01. The molecule has 0 unspecified atom stereocenters. The van der Waals surface area contributed by atoms with Crippen molar-refractivity contribution in [2.75, 3.05) is 23.4 Å². The molecule has 4 rings (SSSR count). The number of anilines is 2. The van der Waals surface area contributed by atoms with Gasteiger partial charge in [0, 0.05) is 23.8 Å². The maximum Gasteiger partial charge on any atom is 0.262 e. The molecule has 0 atom stereocenters. The number of hydrogen-bond donors (Lipinski definition) is 1. The predicted octanol–water partition coefficient (Wildman–Crippen LogP) is 3.31. The predicted molar refractivity (Wildman–Crippen MR) is 101 cm³/mol. The molecule has 2 amide bonds. The first-order chi connectivity index (χ1) is 12.6. The molecule has 2 aromatic rings. The summed E-state index contributed by atoms with van der Waals surface area (Å²) >= 11 is 0. The fraction of sp³-hybridized carbons (Fsp3) is 0.333. The third kappa shape index (κ3) is 3.57. The van der Waals surface area contributed by atoms with E-state index >= 15 is 0 Å². The molecule has 2 aromatic carbocycles. The highest BCUT2D eigenvalue weighted by Gasteiger charge is 2.36. The van der Waals surface area contributed by atoms with Crippen LogP contribution in [-0.2, 0) is 16.0 Å². The third-order valence-corrected chi connectivity index (χ3v) is 4.82. The number of nitrogens with zero attached hydrogens (tertiary/aromatic N) is 1. The lowest BCUT2D eigenvalue weighted by atomic mass is 10.1. The highest BCUT2D eigenvalue weighted by atomic mass is 16.5. The molecule has 0 saturated heterocycles. The van der Waals surface area contributed by atoms with Crippen molar-refractivity contribution in [2.24, 2.45) is 5.92 Å². The van der Waals surface area contributed by atoms with Crippen molar-refractivity contribution in [2.45, 2.75) is 26.2 Å². The Morgan fingerprint density at radius 1 is 1.19 bits per heavy atom. The van der Waals surface area contributed by atoms with Crippen LogP contribution in [0.25, 0.3) is 0 Å². The van der Waals surface area contributed by atoms with Crippen LogP contribution >= 0.6 is 0 Å². The summed E-state index contributed by atoms with van der Waals surface area (Å²) in [4.78, 5) is 26.5. The van der Waals surface area contributed by atoms with Crippen LogP contribution in [0.5, 0.6) is 5.75 Å². The number of hydrogen-bond acceptors (Lipinski definition) is 3. The fourth-order valence-corrected chi connectivity index (χ4v) is 3.29. The SMILES string of the molecule is Cc1cccc(OCC(=O)Nc2ccc3c(c2)N(C(=O)C2CC2)CC3)c1. The van der Waals surface area contributed by atoms with Crippen molar-refractivity contribution < 1.29 is 14.3 Å². The maximum absolute atomic E-state index is 12.4. The summed E-state index contributed by atoms with van der Waals surface area (Å²) in [7, 11) is 0. The van der Waals surface area contributed by atoms with Gasteiger partial charge < -0.3 is 15.0 Å². The van der Waals surface area contributed by atoms with E-state index in [1.54, 1.807) is 0 Å². The van der Waals surface area contributed by atoms with Gasteiger partial charge in [-0.25, -0.2) is 0 Å². The van der Waals surface area contributed by atoms with E-state index in [0.717, 1.165) is 42.6 Å². The maximum atomic E-state index is 12.4. The van der Waals surface area contributed by atoms with Crippen LogP contribution in [0, 0.1) is 12.8 Å². The zero-order valence-corrected chi connectivity index (χ0v) is 14.8. The zero-order chi connectivity index (χ0) is 18.1. The minimum atomic E-state index is -0.218. The molecule has 0 spiro atoms. The second kappa shape index (κ2) is 6.83. The molecule has 0 bridgehead atoms. The molecule has 0 aromatic heterocycles. The molecular weight excluding hydrogens is 328 g/mol. The molecular formula is C21H22N2O3. The van der Waals surface area contributed by atoms with E-state index in [9.17, 15) is 9.59 Å². The number of ether oxygens (including phenoxy) is 1. The molecule has 1 heterocycles. The van der Waals surface area contributed by atoms with Crippen molar-refractivity contribution in [3.8, 4) is 5.75 Å². The van der Waals surface area contributed by atoms with E-state index in [0.29, 0.717) is 11.4 Å². The van der Waals surface area contributed by atoms with E-state index in [1.807, 2.05) is 54.3 Å². The molecule has 26 heavy (non-hydrogen) atoms. The van der Waals surface area contributed by atoms with Gasteiger partial charge in [-0.05, 0) is 61.6 Å². The van der Waals surface area contributed by atoms with Crippen LogP contribution in [0.15, 0.2) is 42.5 Å². The van der Waals surface area contributed by atoms with Gasteiger partial charge in [-0.15, -0.1) is 0 Å². The van der Waals surface area contributed by atoms with E-state index in [-0.39, 0.29) is 24.3 Å². The zero-order valence-electron chi connectivity index (χ0n) is 14.8. The number of rotatable bonds is 5. The van der Waals surface area contributed by atoms with Gasteiger partial charge in [0.25, 0.3) is 5.91 Å². The number of amides is 2. The van der Waals surface area contributed by atoms with Gasteiger partial charge in [0.2, 0.25) is 5.91 Å². The molecule has 2 aliphatic rings. The normalized spacial score (nSPS) is 15.5. The monoisotopic (exact) mass is 350 g/mol. The molecule has 5 nitrogen and oxygen atoms in total. The molecule has 1 aliphatic carbocycles. The highest BCUT2D eigenvalue weighted by molar-refractivity contribution is 5.99. The first-order valence-corrected chi connectivity index (χ1v) is 9.04. The molecule has 134 valence electrons. The van der Waals surface area contributed by atoms with Crippen molar-refractivity contribution >= 4 is 23.2 Å². The van der Waals surface area contributed by atoms with Gasteiger partial charge in [-0.1, -0.05) is 18.2 Å². The third-order valence-electron chi connectivity index (χ3n) is 4.82. The molecule has 5 heteroatoms. The Hall–Kier alpha value is -2.82. The van der Waals surface area contributed by atoms with Crippen molar-refractivity contribution in [1.29, 1.82) is 0 Å². The summed E-state index contributed by atoms with van der Waals surface area (Å²) < 4.78 is 5.54. The minimum absolute atomic E-state index is 0.0503. The quantitative estimate of drug-likeness (QED) is 0.900. The summed E-state index contributed by atoms with van der Waals surface area (Å²) in [6.07, 6.45) is 2.87. The Labute approximate surface area is 153 Å². The first-order valence-electron chi connectivity index (χ1n) is 9.04. The van der Waals surface area contributed by atoms with Crippen LogP contribution in [-0.4, -0.2) is 25.0 Å². The molecule has 1 aliphatic heterocycles. The number of aryl methyl sites for hydroxylation is 1. The van der Waals surface area contributed by atoms with E-state index < -0.39 is 0 Å². The Balaban J connectivity index is 1.40. The van der Waals surface area contributed by atoms with E-state index in [2.05, 4.69) is 5.32 Å². The first kappa shape index (κ1) is 16.6. The number of benzene rings is 2. The smallest absolute Gasteiger partial charge is 0.262 e. The Bertz CT molecular complexity index is 858. The molecule has 0 radical (unpaired) electrons. The molecule has 1 fully saturated rings. The van der Waals surface area contributed by atoms with Gasteiger partial charge in [0.05, 0.1) is 0 Å². The minimum Gasteiger partial charge on any atom is -0.484 e. The van der Waals surface area contributed by atoms with Crippen molar-refractivity contribution in [3.05, 3.63) is 53.6 Å². The Morgan fingerprint density at radius 3 is 2.81 bits per heavy atom. The van der Waals surface area contributed by atoms with E-state index in [1.165, 1.54) is 0 Å². The van der Waals surface area contributed by atoms with Gasteiger partial charge >= 0.3 is 0 Å². The number of carbonyl (C=O) groups excluding carboxylic acids is 2. The van der Waals surface area contributed by atoms with Gasteiger partial charge in [0.1, 0.15) is 5.75 Å². The lowest BCUT2D eigenvalue weighted by Gasteiger charge is -2.18. The summed E-state index contributed by atoms with van der Waals surface area (Å²) in [6.45, 7) is 2.66. The van der Waals surface area contributed by atoms with Crippen LogP contribution in [0.2, 0.25) is 0 Å². The van der Waals surface area contributed by atoms with Crippen molar-refractivity contribution in [1.82, 2.24) is 0 Å². The second-order valence-electron chi connectivity index (χ2n) is 7.01. The standard InChI is InChI=1S/C21H22N2O3/c1-14-3-2-4-18(11-14)26-13-20(24)22-17-8-7-15-9-10-23(19(15)12-17)21(25)16-5-6-16/h2-4,7-8,11-12,16H,5-6,9-10,13H2,1H3,(H,22,24). The number of fused-ring (bicyclic) bond motifs is 1. The lowest BCUT2D eigenvalue weighted by Crippen LogP contribution is -2.30. The number of nitrogens with one attached hydrogen (secondary N) is 1. The lowest BCUT2D eigenvalue weighted by molar-refractivity contribution is -0.119. The summed E-state index contributed by atoms with van der Waals surface area (Å²) in [5, 5.41) is 2.86. The average Bonchev–Trinajstić information content (AvgIpc) is 3.39. The molecule has 1 N–H and O–H groups in total. The Morgan fingerprint density at radius 2 is 2.04 bits per heavy atom. The highest BCUT2D eigenvalue weighted by Crippen LogP contribution is 2.37. The molecule has 1 saturated carbocycles. The largest absolute Gasteiger partial charge is 0.484 e. The summed E-state index contributed by atoms with van der Waals surface area (Å²) in [5.41, 5.74) is 3.87. The fourth-order valence-electron chi connectivity index (χ4n) is 3.29. The van der Waals surface area contributed by atoms with Gasteiger partial charge in [-0.2, -0.15) is 0 Å². The average molecular weight is 350 g/mol. The summed E-state index contributed by atoms with van der Waals surface area (Å²) in [6, 6.07) is 13.4. The van der Waals surface area contributed by atoms with Crippen LogP contribution in [0.3, 0.4) is 0 Å². The topological polar surface area (TPSA) is 58.6 Å². The summed E-state index contributed by atoms with van der Waals surface area (Å²) in [5.74, 6) is 0.872. The van der Waals surface area contributed by atoms with Crippen LogP contribution < -0.4 is 15.0 Å². The van der Waals surface area contributed by atoms with Gasteiger partial charge in [-0.3, -0.25) is 9.59 Å². The van der Waals surface area contributed by atoms with Crippen molar-refractivity contribution in [3.63, 3.8) is 0 Å². The van der Waals surface area contributed by atoms with Crippen LogP contribution in [0.1, 0.15) is 24.0 Å². The number of carbonyl (C=O) groups is 2. The Kier molecular flexibility index (Phi) is 4.37. The van der Waals surface area contributed by atoms with Gasteiger partial charge in [0.15, 0.2) is 6.61 Å². The van der Waals surface area contributed by atoms with Crippen LogP contribution in [0.4, 0.5) is 11.4 Å². The van der Waals surface area contributed by atoms with E-state index in [4.69, 9.17) is 4.74 Å².